The van der Waals surface area contributed by atoms with Crippen molar-refractivity contribution in [1.82, 2.24) is 10.6 Å². The van der Waals surface area contributed by atoms with Crippen LogP contribution in [0.1, 0.15) is 122 Å². The standard InChI is InChI=1S/C41H60N2O4/c1-26(2)29-14-20-41(43-25-24-42-23-17-34(44)45)22-21-39(6)31(35(29)41)12-13-33-38(5)18-15-30(27-8-10-28(11-9-27)36(46)47)37(3,4)32(38)16-19-40(33,39)7/h8-11,15,29,31-33,35,42-43H,1,12-14,16-25H2,2-7H3,(H,44,45)(H,46,47)/t29-,31+,32-,33+,35+,38-,39+,40+,41-/m0/s1. The highest BCUT2D eigenvalue weighted by Crippen LogP contribution is 2.76. The first-order valence-electron chi connectivity index (χ1n) is 18.5. The third kappa shape index (κ3) is 5.35. The molecule has 6 rings (SSSR count). The summed E-state index contributed by atoms with van der Waals surface area (Å²) in [5.41, 5.74) is 5.21. The highest BCUT2D eigenvalue weighted by Gasteiger charge is 2.70. The van der Waals surface area contributed by atoms with Crippen molar-refractivity contribution >= 4 is 17.5 Å². The Morgan fingerprint density at radius 3 is 2.23 bits per heavy atom. The smallest absolute Gasteiger partial charge is 0.335 e. The first-order valence-corrected chi connectivity index (χ1v) is 18.5. The molecule has 1 aromatic rings. The number of rotatable bonds is 10. The minimum atomic E-state index is -0.871. The summed E-state index contributed by atoms with van der Waals surface area (Å²) in [6, 6.07) is 7.56. The molecule has 0 spiro atoms. The molecule has 5 aliphatic carbocycles. The Labute approximate surface area is 283 Å². The molecule has 6 heteroatoms. The Balaban J connectivity index is 1.27. The first-order chi connectivity index (χ1) is 22.1. The van der Waals surface area contributed by atoms with E-state index in [0.29, 0.717) is 41.7 Å². The van der Waals surface area contributed by atoms with Gasteiger partial charge < -0.3 is 20.8 Å². The molecule has 258 valence electrons. The zero-order valence-electron chi connectivity index (χ0n) is 29.9. The number of nitrogens with one attached hydrogen (secondary N) is 2. The van der Waals surface area contributed by atoms with Crippen LogP contribution in [0.5, 0.6) is 0 Å². The Hall–Kier alpha value is -2.44. The molecule has 0 aromatic heterocycles. The van der Waals surface area contributed by atoms with Gasteiger partial charge in [-0.3, -0.25) is 4.79 Å². The number of carboxylic acids is 2. The van der Waals surface area contributed by atoms with Crippen LogP contribution in [-0.4, -0.2) is 47.3 Å². The van der Waals surface area contributed by atoms with E-state index < -0.39 is 11.9 Å². The van der Waals surface area contributed by atoms with Crippen molar-refractivity contribution in [2.75, 3.05) is 19.6 Å². The number of allylic oxidation sites excluding steroid dienone is 3. The average molecular weight is 645 g/mol. The second kappa shape index (κ2) is 12.2. The van der Waals surface area contributed by atoms with Crippen LogP contribution in [0.15, 0.2) is 42.5 Å². The minimum Gasteiger partial charge on any atom is -0.481 e. The minimum absolute atomic E-state index is 0.0114. The molecule has 4 saturated carbocycles. The van der Waals surface area contributed by atoms with E-state index >= 15 is 0 Å². The van der Waals surface area contributed by atoms with Gasteiger partial charge in [-0.05, 0) is 139 Å². The number of fused-ring (bicyclic) bond motifs is 7. The van der Waals surface area contributed by atoms with Crippen molar-refractivity contribution in [1.29, 1.82) is 0 Å². The van der Waals surface area contributed by atoms with Crippen molar-refractivity contribution < 1.29 is 19.8 Å². The summed E-state index contributed by atoms with van der Waals surface area (Å²) >= 11 is 0. The molecular formula is C41H60N2O4. The van der Waals surface area contributed by atoms with Crippen molar-refractivity contribution in [3.63, 3.8) is 0 Å². The number of aliphatic carboxylic acids is 1. The van der Waals surface area contributed by atoms with Crippen LogP contribution >= 0.6 is 0 Å². The first kappa shape index (κ1) is 34.4. The highest BCUT2D eigenvalue weighted by molar-refractivity contribution is 5.88. The molecule has 0 unspecified atom stereocenters. The van der Waals surface area contributed by atoms with E-state index in [0.717, 1.165) is 19.5 Å². The van der Waals surface area contributed by atoms with Crippen LogP contribution in [-0.2, 0) is 4.79 Å². The lowest BCUT2D eigenvalue weighted by Crippen LogP contribution is -2.68. The van der Waals surface area contributed by atoms with Crippen LogP contribution in [0.3, 0.4) is 0 Å². The van der Waals surface area contributed by atoms with E-state index in [4.69, 9.17) is 5.11 Å². The lowest BCUT2D eigenvalue weighted by atomic mass is 9.33. The molecule has 0 heterocycles. The Kier molecular flexibility index (Phi) is 8.90. The van der Waals surface area contributed by atoms with Crippen LogP contribution in [0.25, 0.3) is 5.57 Å². The molecule has 0 aliphatic heterocycles. The fourth-order valence-electron chi connectivity index (χ4n) is 13.1. The number of hydrogen-bond donors (Lipinski definition) is 4. The predicted octanol–water partition coefficient (Wildman–Crippen LogP) is 8.44. The SMILES string of the molecule is C=C(C)[C@@H]1CC[C@]2(NCCNCCC(=O)O)CC[C@]3(C)[C@H](CC[C@@H]4[C@@]5(C)CC=C(c6ccc(C(=O)O)cc6)C(C)(C)[C@@H]5CC[C@]43C)[C@@H]12. The molecule has 4 fully saturated rings. The number of carboxylic acid groups (broad SMARTS) is 2. The van der Waals surface area contributed by atoms with Crippen molar-refractivity contribution in [3.8, 4) is 0 Å². The largest absolute Gasteiger partial charge is 0.481 e. The van der Waals surface area contributed by atoms with Crippen LogP contribution < -0.4 is 10.6 Å². The van der Waals surface area contributed by atoms with Gasteiger partial charge in [0.1, 0.15) is 0 Å². The quantitative estimate of drug-likeness (QED) is 0.151. The molecular weight excluding hydrogens is 584 g/mol. The second-order valence-corrected chi connectivity index (χ2v) is 17.6. The van der Waals surface area contributed by atoms with E-state index in [1.54, 1.807) is 12.1 Å². The molecule has 0 radical (unpaired) electrons. The van der Waals surface area contributed by atoms with E-state index in [-0.39, 0.29) is 33.6 Å². The second-order valence-electron chi connectivity index (χ2n) is 17.6. The topological polar surface area (TPSA) is 98.7 Å². The van der Waals surface area contributed by atoms with Gasteiger partial charge in [-0.25, -0.2) is 4.79 Å². The van der Waals surface area contributed by atoms with Crippen molar-refractivity contribution in [2.45, 2.75) is 111 Å². The maximum atomic E-state index is 11.5. The van der Waals surface area contributed by atoms with Gasteiger partial charge in [0.05, 0.1) is 12.0 Å². The molecule has 6 nitrogen and oxygen atoms in total. The van der Waals surface area contributed by atoms with Gasteiger partial charge >= 0.3 is 11.9 Å². The predicted molar refractivity (Wildman–Crippen MR) is 189 cm³/mol. The van der Waals surface area contributed by atoms with Gasteiger partial charge in [-0.2, -0.15) is 0 Å². The summed E-state index contributed by atoms with van der Waals surface area (Å²) in [6.07, 6.45) is 13.8. The van der Waals surface area contributed by atoms with Crippen molar-refractivity contribution in [2.24, 2.45) is 51.2 Å². The zero-order chi connectivity index (χ0) is 34.0. The van der Waals surface area contributed by atoms with Crippen LogP contribution in [0.2, 0.25) is 0 Å². The summed E-state index contributed by atoms with van der Waals surface area (Å²) in [4.78, 5) is 22.5. The molecule has 0 bridgehead atoms. The molecule has 1 aromatic carbocycles. The molecule has 0 saturated heterocycles. The Morgan fingerprint density at radius 1 is 0.851 bits per heavy atom. The van der Waals surface area contributed by atoms with Gasteiger partial charge in [0.25, 0.3) is 0 Å². The number of hydrogen-bond acceptors (Lipinski definition) is 4. The highest BCUT2D eigenvalue weighted by atomic mass is 16.4. The Bertz CT molecular complexity index is 1430. The molecule has 5 aliphatic rings. The van der Waals surface area contributed by atoms with Gasteiger partial charge in [-0.1, -0.05) is 65.0 Å². The number of benzene rings is 1. The third-order valence-electron chi connectivity index (χ3n) is 15.4. The average Bonchev–Trinajstić information content (AvgIpc) is 3.39. The van der Waals surface area contributed by atoms with Gasteiger partial charge in [0.15, 0.2) is 0 Å². The molecule has 4 N–H and O–H groups in total. The van der Waals surface area contributed by atoms with Crippen LogP contribution in [0.4, 0.5) is 0 Å². The van der Waals surface area contributed by atoms with Gasteiger partial charge in [0, 0.05) is 25.2 Å². The Morgan fingerprint density at radius 2 is 1.57 bits per heavy atom. The van der Waals surface area contributed by atoms with E-state index in [1.807, 2.05) is 12.1 Å². The zero-order valence-corrected chi connectivity index (χ0v) is 29.9. The molecule has 9 atom stereocenters. The van der Waals surface area contributed by atoms with Gasteiger partial charge in [-0.15, -0.1) is 0 Å². The summed E-state index contributed by atoms with van der Waals surface area (Å²) in [5.74, 6) is 1.47. The lowest BCUT2D eigenvalue weighted by molar-refractivity contribution is -0.219. The normalized spacial score (nSPS) is 40.3. The number of carbonyl (C=O) groups is 2. The maximum absolute atomic E-state index is 11.5. The fraction of sp³-hybridized carbons (Fsp3) is 0.707. The summed E-state index contributed by atoms with van der Waals surface area (Å²) < 4.78 is 0. The van der Waals surface area contributed by atoms with E-state index in [1.165, 1.54) is 68.1 Å². The number of aromatic carboxylic acids is 1. The van der Waals surface area contributed by atoms with E-state index in [2.05, 4.69) is 64.8 Å². The monoisotopic (exact) mass is 644 g/mol. The van der Waals surface area contributed by atoms with E-state index in [9.17, 15) is 14.7 Å². The summed E-state index contributed by atoms with van der Waals surface area (Å²) in [7, 11) is 0. The summed E-state index contributed by atoms with van der Waals surface area (Å²) in [6.45, 7) is 21.9. The lowest BCUT2D eigenvalue weighted by Gasteiger charge is -2.72. The summed E-state index contributed by atoms with van der Waals surface area (Å²) in [5, 5.41) is 25.9. The van der Waals surface area contributed by atoms with Crippen molar-refractivity contribution in [3.05, 3.63) is 53.6 Å². The molecule has 47 heavy (non-hydrogen) atoms. The third-order valence-corrected chi connectivity index (χ3v) is 15.4. The van der Waals surface area contributed by atoms with Gasteiger partial charge in [0.2, 0.25) is 0 Å². The maximum Gasteiger partial charge on any atom is 0.335 e. The fourth-order valence-corrected chi connectivity index (χ4v) is 13.1. The molecule has 0 amide bonds. The van der Waals surface area contributed by atoms with Crippen LogP contribution in [0, 0.1) is 51.2 Å².